The first-order valence-corrected chi connectivity index (χ1v) is 14.7. The lowest BCUT2D eigenvalue weighted by molar-refractivity contribution is -0.143. The number of aryl methyl sites for hydroxylation is 3. The number of halogens is 1. The lowest BCUT2D eigenvalue weighted by Gasteiger charge is -2.33. The second kappa shape index (κ2) is 13.8. The number of rotatable bonds is 10. The molecule has 39 heavy (non-hydrogen) atoms. The van der Waals surface area contributed by atoms with Crippen LogP contribution in [0.15, 0.2) is 71.2 Å². The van der Waals surface area contributed by atoms with Gasteiger partial charge in [-0.3, -0.25) is 9.59 Å². The van der Waals surface area contributed by atoms with Crippen molar-refractivity contribution in [1.29, 1.82) is 0 Å². The van der Waals surface area contributed by atoms with Crippen LogP contribution in [0.3, 0.4) is 0 Å². The Labute approximate surface area is 241 Å². The zero-order chi connectivity index (χ0) is 27.8. The largest absolute Gasteiger partial charge is 0.484 e. The van der Waals surface area contributed by atoms with E-state index in [4.69, 9.17) is 4.74 Å². The van der Waals surface area contributed by atoms with Crippen LogP contribution in [0.2, 0.25) is 0 Å². The van der Waals surface area contributed by atoms with Crippen LogP contribution in [0.1, 0.15) is 59.9 Å². The molecule has 4 rings (SSSR count). The van der Waals surface area contributed by atoms with Gasteiger partial charge in [0.25, 0.3) is 5.91 Å². The minimum absolute atomic E-state index is 0.0944. The molecule has 0 radical (unpaired) electrons. The highest BCUT2D eigenvalue weighted by atomic mass is 79.9. The van der Waals surface area contributed by atoms with Gasteiger partial charge in [0.05, 0.1) is 0 Å². The fraction of sp³-hybridized carbons (Fsp3) is 0.394. The smallest absolute Gasteiger partial charge is 0.261 e. The van der Waals surface area contributed by atoms with Gasteiger partial charge < -0.3 is 15.0 Å². The number of ether oxygens (including phenoxy) is 1. The molecule has 3 aromatic carbocycles. The highest BCUT2D eigenvalue weighted by molar-refractivity contribution is 9.10. The first kappa shape index (κ1) is 28.9. The summed E-state index contributed by atoms with van der Waals surface area (Å²) in [6, 6.07) is 21.3. The zero-order valence-electron chi connectivity index (χ0n) is 23.2. The fourth-order valence-electron chi connectivity index (χ4n) is 5.29. The minimum atomic E-state index is -0.654. The van der Waals surface area contributed by atoms with E-state index in [1.54, 1.807) is 4.90 Å². The van der Waals surface area contributed by atoms with Crippen molar-refractivity contribution in [3.63, 3.8) is 0 Å². The van der Waals surface area contributed by atoms with Crippen molar-refractivity contribution in [2.45, 2.75) is 77.9 Å². The van der Waals surface area contributed by atoms with E-state index >= 15 is 0 Å². The molecule has 0 aliphatic heterocycles. The molecule has 3 aromatic rings. The van der Waals surface area contributed by atoms with Crippen molar-refractivity contribution in [3.8, 4) is 5.75 Å². The molecule has 206 valence electrons. The van der Waals surface area contributed by atoms with Gasteiger partial charge in [-0.05, 0) is 73.6 Å². The Bertz CT molecular complexity index is 1250. The molecular weight excluding hydrogens is 552 g/mol. The summed E-state index contributed by atoms with van der Waals surface area (Å²) in [6.07, 6.45) is 5.87. The number of nitrogens with one attached hydrogen (secondary N) is 1. The van der Waals surface area contributed by atoms with Crippen LogP contribution in [-0.4, -0.2) is 35.4 Å². The van der Waals surface area contributed by atoms with Gasteiger partial charge in [-0.25, -0.2) is 0 Å². The molecule has 1 aliphatic rings. The van der Waals surface area contributed by atoms with E-state index in [0.29, 0.717) is 18.7 Å². The minimum Gasteiger partial charge on any atom is -0.484 e. The van der Waals surface area contributed by atoms with E-state index in [-0.39, 0.29) is 24.5 Å². The third kappa shape index (κ3) is 7.95. The molecule has 0 aromatic heterocycles. The van der Waals surface area contributed by atoms with E-state index < -0.39 is 6.04 Å². The van der Waals surface area contributed by atoms with Gasteiger partial charge in [0.1, 0.15) is 11.8 Å². The summed E-state index contributed by atoms with van der Waals surface area (Å²) in [6.45, 7) is 6.23. The third-order valence-corrected chi connectivity index (χ3v) is 8.85. The molecule has 6 heteroatoms. The Morgan fingerprint density at radius 2 is 1.56 bits per heavy atom. The van der Waals surface area contributed by atoms with Crippen LogP contribution in [0.4, 0.5) is 0 Å². The topological polar surface area (TPSA) is 58.6 Å². The summed E-state index contributed by atoms with van der Waals surface area (Å²) in [4.78, 5) is 29.5. The molecule has 1 unspecified atom stereocenters. The van der Waals surface area contributed by atoms with Crippen LogP contribution in [0, 0.1) is 20.8 Å². The predicted octanol–water partition coefficient (Wildman–Crippen LogP) is 6.84. The molecule has 1 fully saturated rings. The summed E-state index contributed by atoms with van der Waals surface area (Å²) in [7, 11) is 0. The van der Waals surface area contributed by atoms with Gasteiger partial charge in [0.2, 0.25) is 5.91 Å². The summed E-state index contributed by atoms with van der Waals surface area (Å²) < 4.78 is 7.05. The lowest BCUT2D eigenvalue weighted by Crippen LogP contribution is -2.53. The van der Waals surface area contributed by atoms with Gasteiger partial charge >= 0.3 is 0 Å². The van der Waals surface area contributed by atoms with Gasteiger partial charge in [0, 0.05) is 23.5 Å². The fourth-order valence-corrected chi connectivity index (χ4v) is 5.52. The number of carbonyl (C=O) groups is 2. The Hall–Kier alpha value is -3.12. The summed E-state index contributed by atoms with van der Waals surface area (Å²) in [5.74, 6) is 0.336. The summed E-state index contributed by atoms with van der Waals surface area (Å²) in [5.41, 5.74) is 5.21. The summed E-state index contributed by atoms with van der Waals surface area (Å²) in [5, 5.41) is 3.29. The third-order valence-electron chi connectivity index (χ3n) is 7.60. The van der Waals surface area contributed by atoms with Crippen molar-refractivity contribution in [3.05, 3.63) is 99.0 Å². The van der Waals surface area contributed by atoms with Crippen LogP contribution >= 0.6 is 15.9 Å². The maximum atomic E-state index is 13.9. The Morgan fingerprint density at radius 3 is 2.23 bits per heavy atom. The standard InChI is InChI=1S/C33H39BrN2O3/c1-23-12-10-11-15-27(23)21-36(31(37)22-39-29-18-24(2)32(34)25(3)19-29)30(20-26-13-6-4-7-14-26)33(38)35-28-16-8-5-9-17-28/h4,6-7,10-15,18-19,28,30H,5,8-9,16-17,20-22H2,1-3H3,(H,35,38). The highest BCUT2D eigenvalue weighted by Gasteiger charge is 2.32. The van der Waals surface area contributed by atoms with Crippen molar-refractivity contribution in [2.24, 2.45) is 0 Å². The second-order valence-electron chi connectivity index (χ2n) is 10.7. The van der Waals surface area contributed by atoms with Gasteiger partial charge in [-0.2, -0.15) is 0 Å². The number of nitrogens with zero attached hydrogens (tertiary/aromatic N) is 1. The monoisotopic (exact) mass is 590 g/mol. The Kier molecular flexibility index (Phi) is 10.2. The average molecular weight is 592 g/mol. The first-order chi connectivity index (χ1) is 18.8. The van der Waals surface area contributed by atoms with E-state index in [1.807, 2.05) is 87.5 Å². The van der Waals surface area contributed by atoms with Crippen molar-refractivity contribution >= 4 is 27.7 Å². The average Bonchev–Trinajstić information content (AvgIpc) is 2.94. The molecule has 0 saturated heterocycles. The number of carbonyl (C=O) groups excluding carboxylic acids is 2. The zero-order valence-corrected chi connectivity index (χ0v) is 24.8. The molecule has 5 nitrogen and oxygen atoms in total. The van der Waals surface area contributed by atoms with Crippen LogP contribution in [0.25, 0.3) is 0 Å². The molecule has 1 saturated carbocycles. The molecule has 1 atom stereocenters. The Morgan fingerprint density at radius 1 is 0.923 bits per heavy atom. The maximum Gasteiger partial charge on any atom is 0.261 e. The van der Waals surface area contributed by atoms with Crippen LogP contribution < -0.4 is 10.1 Å². The molecule has 0 heterocycles. The van der Waals surface area contributed by atoms with E-state index in [9.17, 15) is 9.59 Å². The van der Waals surface area contributed by atoms with E-state index in [1.165, 1.54) is 6.42 Å². The van der Waals surface area contributed by atoms with Crippen molar-refractivity contribution in [1.82, 2.24) is 10.2 Å². The van der Waals surface area contributed by atoms with Crippen LogP contribution in [-0.2, 0) is 22.6 Å². The molecule has 1 N–H and O–H groups in total. The normalized spacial score (nSPS) is 14.5. The number of amides is 2. The maximum absolute atomic E-state index is 13.9. The molecule has 2 amide bonds. The van der Waals surface area contributed by atoms with Gasteiger partial charge in [0.15, 0.2) is 6.61 Å². The lowest BCUT2D eigenvalue weighted by atomic mass is 9.94. The quantitative estimate of drug-likeness (QED) is 0.281. The molecule has 0 bridgehead atoms. The first-order valence-electron chi connectivity index (χ1n) is 13.9. The highest BCUT2D eigenvalue weighted by Crippen LogP contribution is 2.27. The number of hydrogen-bond donors (Lipinski definition) is 1. The van der Waals surface area contributed by atoms with Crippen LogP contribution in [0.5, 0.6) is 5.75 Å². The molecular formula is C33H39BrN2O3. The Balaban J connectivity index is 1.63. The predicted molar refractivity (Wildman–Crippen MR) is 160 cm³/mol. The van der Waals surface area contributed by atoms with Gasteiger partial charge in [-0.1, -0.05) is 89.8 Å². The van der Waals surface area contributed by atoms with Gasteiger partial charge in [-0.15, -0.1) is 0 Å². The van der Waals surface area contributed by atoms with Crippen molar-refractivity contribution in [2.75, 3.05) is 6.61 Å². The second-order valence-corrected chi connectivity index (χ2v) is 11.4. The molecule has 1 aliphatic carbocycles. The SMILES string of the molecule is Cc1ccccc1CN(C(=O)COc1cc(C)c(Br)c(C)c1)C(Cc1ccccc1)C(=O)NC1CCCCC1. The van der Waals surface area contributed by atoms with E-state index in [0.717, 1.165) is 58.0 Å². The molecule has 0 spiro atoms. The van der Waals surface area contributed by atoms with Crippen molar-refractivity contribution < 1.29 is 14.3 Å². The number of hydrogen-bond acceptors (Lipinski definition) is 3. The number of benzene rings is 3. The van der Waals surface area contributed by atoms with E-state index in [2.05, 4.69) is 21.2 Å². The summed E-state index contributed by atoms with van der Waals surface area (Å²) >= 11 is 3.59.